The molecule has 3 aromatic carbocycles. The Bertz CT molecular complexity index is 1860. The SMILES string of the molecule is CCOc1cc([C@H]2/C(=C(\O)c3ccc4c(c3)OCCO4)C(=O)C(=O)N2c2nnc(SCc3ccccc3F)s2)ccc1OCCC(C)C. The zero-order valence-electron chi connectivity index (χ0n) is 26.6. The minimum absolute atomic E-state index is 0.136. The number of ketones is 1. The summed E-state index contributed by atoms with van der Waals surface area (Å²) in [6.07, 6.45) is 0.845. The van der Waals surface area contributed by atoms with Crippen molar-refractivity contribution in [2.75, 3.05) is 31.3 Å². The summed E-state index contributed by atoms with van der Waals surface area (Å²) >= 11 is 2.36. The molecule has 10 nitrogen and oxygen atoms in total. The number of fused-ring (bicyclic) bond motifs is 1. The van der Waals surface area contributed by atoms with Gasteiger partial charge in [-0.05, 0) is 66.8 Å². The molecule has 250 valence electrons. The molecule has 0 radical (unpaired) electrons. The van der Waals surface area contributed by atoms with Crippen LogP contribution in [0.4, 0.5) is 9.52 Å². The third-order valence-electron chi connectivity index (χ3n) is 7.71. The Balaban J connectivity index is 1.41. The predicted molar refractivity (Wildman–Crippen MR) is 181 cm³/mol. The number of benzene rings is 3. The first-order valence-electron chi connectivity index (χ1n) is 15.6. The minimum Gasteiger partial charge on any atom is -0.507 e. The van der Waals surface area contributed by atoms with E-state index in [1.807, 2.05) is 6.92 Å². The van der Waals surface area contributed by atoms with E-state index in [0.29, 0.717) is 76.6 Å². The number of amides is 1. The molecule has 1 atom stereocenters. The van der Waals surface area contributed by atoms with Crippen molar-refractivity contribution in [3.05, 3.63) is 88.7 Å². The van der Waals surface area contributed by atoms with Gasteiger partial charge in [0.25, 0.3) is 5.78 Å². The second kappa shape index (κ2) is 14.7. The third kappa shape index (κ3) is 6.97. The lowest BCUT2D eigenvalue weighted by atomic mass is 9.95. The summed E-state index contributed by atoms with van der Waals surface area (Å²) in [5.41, 5.74) is 1.13. The Kier molecular flexibility index (Phi) is 10.2. The second-order valence-electron chi connectivity index (χ2n) is 11.4. The van der Waals surface area contributed by atoms with Gasteiger partial charge in [0.15, 0.2) is 27.3 Å². The Morgan fingerprint density at radius 1 is 1.04 bits per heavy atom. The van der Waals surface area contributed by atoms with Gasteiger partial charge in [-0.1, -0.05) is 61.2 Å². The number of anilines is 1. The van der Waals surface area contributed by atoms with Crippen LogP contribution in [0.1, 0.15) is 49.9 Å². The Labute approximate surface area is 285 Å². The quantitative estimate of drug-likeness (QED) is 0.0537. The molecule has 4 aromatic rings. The van der Waals surface area contributed by atoms with Gasteiger partial charge in [0.05, 0.1) is 24.8 Å². The van der Waals surface area contributed by atoms with Gasteiger partial charge in [-0.25, -0.2) is 4.39 Å². The predicted octanol–water partition coefficient (Wildman–Crippen LogP) is 7.19. The first kappa shape index (κ1) is 33.3. The van der Waals surface area contributed by atoms with Crippen molar-refractivity contribution < 1.29 is 38.0 Å². The highest BCUT2D eigenvalue weighted by Crippen LogP contribution is 2.46. The highest BCUT2D eigenvalue weighted by molar-refractivity contribution is 8.00. The van der Waals surface area contributed by atoms with E-state index in [9.17, 15) is 19.1 Å². The average molecular weight is 692 g/mol. The van der Waals surface area contributed by atoms with Crippen LogP contribution in [0.3, 0.4) is 0 Å². The van der Waals surface area contributed by atoms with Crippen molar-refractivity contribution in [1.82, 2.24) is 10.2 Å². The lowest BCUT2D eigenvalue weighted by molar-refractivity contribution is -0.132. The van der Waals surface area contributed by atoms with Gasteiger partial charge >= 0.3 is 5.91 Å². The number of carbonyl (C=O) groups excluding carboxylic acids is 2. The fourth-order valence-electron chi connectivity index (χ4n) is 5.29. The van der Waals surface area contributed by atoms with E-state index in [2.05, 4.69) is 24.0 Å². The van der Waals surface area contributed by atoms with Crippen LogP contribution >= 0.6 is 23.1 Å². The zero-order chi connectivity index (χ0) is 33.8. The Hall–Kier alpha value is -4.62. The van der Waals surface area contributed by atoms with Crippen LogP contribution in [0, 0.1) is 11.7 Å². The summed E-state index contributed by atoms with van der Waals surface area (Å²) in [5.74, 6) is 0.139. The number of carbonyl (C=O) groups is 2. The number of Topliss-reactive ketones (excluding diaryl/α,β-unsaturated/α-hetero) is 1. The summed E-state index contributed by atoms with van der Waals surface area (Å²) in [7, 11) is 0. The molecule has 6 rings (SSSR count). The zero-order valence-corrected chi connectivity index (χ0v) is 28.2. The van der Waals surface area contributed by atoms with Crippen molar-refractivity contribution in [2.45, 2.75) is 43.3 Å². The van der Waals surface area contributed by atoms with Crippen LogP contribution in [0.15, 0.2) is 70.6 Å². The maximum absolute atomic E-state index is 14.2. The molecule has 2 aliphatic heterocycles. The van der Waals surface area contributed by atoms with Crippen molar-refractivity contribution in [2.24, 2.45) is 5.92 Å². The number of rotatable bonds is 12. The summed E-state index contributed by atoms with van der Waals surface area (Å²) < 4.78 is 38.0. The van der Waals surface area contributed by atoms with Crippen molar-refractivity contribution in [3.63, 3.8) is 0 Å². The van der Waals surface area contributed by atoms with Crippen LogP contribution < -0.4 is 23.8 Å². The van der Waals surface area contributed by atoms with E-state index in [1.165, 1.54) is 22.7 Å². The number of aliphatic hydroxyl groups is 1. The van der Waals surface area contributed by atoms with Crippen LogP contribution in [-0.2, 0) is 15.3 Å². The standard InChI is InChI=1S/C35H34FN3O7S2/c1-4-43-27-17-21(9-11-25(27)44-14-13-20(2)3)30-29(31(40)22-10-12-26-28(18-22)46-16-15-45-26)32(41)33(42)39(30)34-37-38-35(48-34)47-19-23-7-5-6-8-24(23)36/h5-12,17-18,20,30,40H,4,13-16,19H2,1-3H3/b31-29+/t30-/m0/s1. The van der Waals surface area contributed by atoms with E-state index in [0.717, 1.165) is 17.8 Å². The molecule has 2 aliphatic rings. The smallest absolute Gasteiger partial charge is 0.301 e. The van der Waals surface area contributed by atoms with Gasteiger partial charge in [-0.3, -0.25) is 14.5 Å². The Morgan fingerprint density at radius 2 is 1.83 bits per heavy atom. The molecular weight excluding hydrogens is 658 g/mol. The van der Waals surface area contributed by atoms with Gasteiger partial charge in [0, 0.05) is 11.3 Å². The second-order valence-corrected chi connectivity index (χ2v) is 13.6. The summed E-state index contributed by atoms with van der Waals surface area (Å²) in [4.78, 5) is 28.8. The molecule has 0 bridgehead atoms. The Morgan fingerprint density at radius 3 is 2.60 bits per heavy atom. The lowest BCUT2D eigenvalue weighted by Crippen LogP contribution is -2.29. The number of halogens is 1. The molecule has 0 spiro atoms. The van der Waals surface area contributed by atoms with Crippen LogP contribution in [0.25, 0.3) is 5.76 Å². The van der Waals surface area contributed by atoms with Crippen molar-refractivity contribution >= 4 is 45.7 Å². The maximum atomic E-state index is 14.2. The molecule has 1 N–H and O–H groups in total. The molecule has 3 heterocycles. The number of aliphatic hydroxyl groups excluding tert-OH is 1. The molecule has 48 heavy (non-hydrogen) atoms. The lowest BCUT2D eigenvalue weighted by Gasteiger charge is -2.24. The van der Waals surface area contributed by atoms with E-state index >= 15 is 0 Å². The number of thioether (sulfide) groups is 1. The first-order chi connectivity index (χ1) is 23.2. The van der Waals surface area contributed by atoms with Crippen LogP contribution in [0.2, 0.25) is 0 Å². The summed E-state index contributed by atoms with van der Waals surface area (Å²) in [6.45, 7) is 7.63. The molecule has 0 aliphatic carbocycles. The largest absolute Gasteiger partial charge is 0.507 e. The molecule has 1 amide bonds. The molecule has 1 aromatic heterocycles. The molecule has 0 saturated carbocycles. The van der Waals surface area contributed by atoms with Crippen LogP contribution in [-0.4, -0.2) is 53.4 Å². The number of nitrogens with zero attached hydrogens (tertiary/aromatic N) is 3. The molecular formula is C35H34FN3O7S2. The van der Waals surface area contributed by atoms with Gasteiger partial charge in [-0.15, -0.1) is 10.2 Å². The topological polar surface area (TPSA) is 120 Å². The fraction of sp³-hybridized carbons (Fsp3) is 0.314. The minimum atomic E-state index is -1.08. The van der Waals surface area contributed by atoms with E-state index in [4.69, 9.17) is 18.9 Å². The molecule has 13 heteroatoms. The average Bonchev–Trinajstić information content (AvgIpc) is 3.66. The molecule has 1 saturated heterocycles. The fourth-order valence-corrected chi connectivity index (χ4v) is 7.15. The van der Waals surface area contributed by atoms with E-state index < -0.39 is 17.7 Å². The third-order valence-corrected chi connectivity index (χ3v) is 9.81. The number of ether oxygens (including phenoxy) is 4. The number of aromatic nitrogens is 2. The van der Waals surface area contributed by atoms with Gasteiger partial charge in [0.2, 0.25) is 5.13 Å². The number of hydrogen-bond donors (Lipinski definition) is 1. The highest BCUT2D eigenvalue weighted by Gasteiger charge is 2.48. The van der Waals surface area contributed by atoms with Crippen molar-refractivity contribution in [3.8, 4) is 23.0 Å². The normalized spacial score (nSPS) is 16.9. The first-order valence-corrected chi connectivity index (χ1v) is 17.4. The van der Waals surface area contributed by atoms with Gasteiger partial charge in [0.1, 0.15) is 24.8 Å². The van der Waals surface area contributed by atoms with Crippen molar-refractivity contribution in [1.29, 1.82) is 0 Å². The molecule has 0 unspecified atom stereocenters. The molecule has 1 fully saturated rings. The monoisotopic (exact) mass is 691 g/mol. The van der Waals surface area contributed by atoms with Gasteiger partial charge < -0.3 is 24.1 Å². The number of hydrogen-bond acceptors (Lipinski definition) is 11. The highest BCUT2D eigenvalue weighted by atomic mass is 32.2. The van der Waals surface area contributed by atoms with Crippen LogP contribution in [0.5, 0.6) is 23.0 Å². The maximum Gasteiger partial charge on any atom is 0.301 e. The summed E-state index contributed by atoms with van der Waals surface area (Å²) in [5, 5.41) is 20.3. The van der Waals surface area contributed by atoms with E-state index in [1.54, 1.807) is 54.6 Å². The summed E-state index contributed by atoms with van der Waals surface area (Å²) in [6, 6.07) is 15.4. The van der Waals surface area contributed by atoms with E-state index in [-0.39, 0.29) is 27.8 Å². The van der Waals surface area contributed by atoms with Gasteiger partial charge in [-0.2, -0.15) is 0 Å².